The Hall–Kier alpha value is -0.610. The number of nitrogens with one attached hydrogen (secondary N) is 1. The van der Waals surface area contributed by atoms with Gasteiger partial charge < -0.3 is 15.0 Å². The van der Waals surface area contributed by atoms with E-state index in [1.54, 1.807) is 0 Å². The molecular weight excluding hydrogens is 252 g/mol. The van der Waals surface area contributed by atoms with Crippen LogP contribution in [-0.4, -0.2) is 50.2 Å². The summed E-state index contributed by atoms with van der Waals surface area (Å²) in [7, 11) is 0. The zero-order valence-electron chi connectivity index (χ0n) is 12.5. The highest BCUT2D eigenvalue weighted by Crippen LogP contribution is 2.37. The van der Waals surface area contributed by atoms with Crippen LogP contribution in [0.4, 0.5) is 0 Å². The van der Waals surface area contributed by atoms with Gasteiger partial charge in [-0.15, -0.1) is 0 Å². The van der Waals surface area contributed by atoms with Gasteiger partial charge in [-0.2, -0.15) is 0 Å². The van der Waals surface area contributed by atoms with E-state index in [0.29, 0.717) is 5.91 Å². The zero-order chi connectivity index (χ0) is 13.8. The van der Waals surface area contributed by atoms with E-state index in [1.807, 2.05) is 0 Å². The third-order valence-electron chi connectivity index (χ3n) is 5.35. The lowest BCUT2D eigenvalue weighted by atomic mass is 9.76. The number of ether oxygens (including phenoxy) is 1. The van der Waals surface area contributed by atoms with Crippen LogP contribution in [0.5, 0.6) is 0 Å². The molecule has 0 aromatic carbocycles. The van der Waals surface area contributed by atoms with Crippen molar-refractivity contribution in [2.45, 2.75) is 44.9 Å². The van der Waals surface area contributed by atoms with Gasteiger partial charge in [0.2, 0.25) is 5.91 Å². The van der Waals surface area contributed by atoms with Crippen molar-refractivity contribution in [2.24, 2.45) is 11.3 Å². The van der Waals surface area contributed by atoms with Crippen molar-refractivity contribution in [3.63, 3.8) is 0 Å². The normalized spacial score (nSPS) is 34.6. The van der Waals surface area contributed by atoms with Gasteiger partial charge in [-0.1, -0.05) is 0 Å². The van der Waals surface area contributed by atoms with Crippen molar-refractivity contribution in [2.75, 3.05) is 39.4 Å². The first-order chi connectivity index (χ1) is 9.77. The third-order valence-corrected chi connectivity index (χ3v) is 5.35. The van der Waals surface area contributed by atoms with Crippen molar-refractivity contribution in [1.82, 2.24) is 10.2 Å². The Kier molecular flexibility index (Phi) is 4.61. The lowest BCUT2D eigenvalue weighted by Crippen LogP contribution is -2.49. The maximum Gasteiger partial charge on any atom is 0.222 e. The van der Waals surface area contributed by atoms with Gasteiger partial charge in [0, 0.05) is 31.5 Å². The van der Waals surface area contributed by atoms with Crippen LogP contribution in [0, 0.1) is 11.3 Å². The molecule has 1 N–H and O–H groups in total. The standard InChI is InChI=1S/C16H28N2O2/c19-15(4-3-14-5-8-17-11-14)18-9-1-6-16(12-18)7-2-10-20-13-16/h14,17H,1-13H2. The number of carbonyl (C=O) groups is 1. The quantitative estimate of drug-likeness (QED) is 0.857. The highest BCUT2D eigenvalue weighted by Gasteiger charge is 2.38. The van der Waals surface area contributed by atoms with Crippen LogP contribution in [0.15, 0.2) is 0 Å². The van der Waals surface area contributed by atoms with E-state index in [0.717, 1.165) is 71.0 Å². The van der Waals surface area contributed by atoms with Crippen LogP contribution in [-0.2, 0) is 9.53 Å². The van der Waals surface area contributed by atoms with Gasteiger partial charge >= 0.3 is 0 Å². The highest BCUT2D eigenvalue weighted by atomic mass is 16.5. The average Bonchev–Trinajstić information content (AvgIpc) is 2.99. The number of hydrogen-bond donors (Lipinski definition) is 1. The summed E-state index contributed by atoms with van der Waals surface area (Å²) in [6, 6.07) is 0. The molecule has 3 rings (SSSR count). The Bertz CT molecular complexity index is 328. The number of piperidine rings is 1. The van der Waals surface area contributed by atoms with Crippen molar-refractivity contribution in [1.29, 1.82) is 0 Å². The second-order valence-electron chi connectivity index (χ2n) is 6.97. The fraction of sp³-hybridized carbons (Fsp3) is 0.938. The minimum Gasteiger partial charge on any atom is -0.381 e. The second-order valence-corrected chi connectivity index (χ2v) is 6.97. The first kappa shape index (κ1) is 14.3. The molecule has 0 bridgehead atoms. The fourth-order valence-electron chi connectivity index (χ4n) is 4.10. The zero-order valence-corrected chi connectivity index (χ0v) is 12.5. The van der Waals surface area contributed by atoms with Crippen LogP contribution >= 0.6 is 0 Å². The van der Waals surface area contributed by atoms with Crippen LogP contribution in [0.3, 0.4) is 0 Å². The molecule has 3 aliphatic heterocycles. The van der Waals surface area contributed by atoms with Crippen molar-refractivity contribution < 1.29 is 9.53 Å². The van der Waals surface area contributed by atoms with Crippen LogP contribution in [0.2, 0.25) is 0 Å². The minimum absolute atomic E-state index is 0.279. The SMILES string of the molecule is O=C(CCC1CCNC1)N1CCCC2(CCCOC2)C1. The molecule has 0 aromatic heterocycles. The topological polar surface area (TPSA) is 41.6 Å². The summed E-state index contributed by atoms with van der Waals surface area (Å²) in [6.07, 6.45) is 7.84. The Balaban J connectivity index is 1.49. The van der Waals surface area contributed by atoms with Gasteiger partial charge in [-0.3, -0.25) is 4.79 Å². The van der Waals surface area contributed by atoms with E-state index in [-0.39, 0.29) is 5.41 Å². The molecule has 0 saturated carbocycles. The number of amides is 1. The number of nitrogens with zero attached hydrogens (tertiary/aromatic N) is 1. The third kappa shape index (κ3) is 3.34. The molecule has 1 amide bonds. The predicted octanol–water partition coefficient (Wildman–Crippen LogP) is 1.80. The molecule has 2 unspecified atom stereocenters. The highest BCUT2D eigenvalue weighted by molar-refractivity contribution is 5.76. The minimum atomic E-state index is 0.279. The van der Waals surface area contributed by atoms with E-state index in [2.05, 4.69) is 10.2 Å². The van der Waals surface area contributed by atoms with Crippen LogP contribution in [0.1, 0.15) is 44.9 Å². The maximum atomic E-state index is 12.4. The lowest BCUT2D eigenvalue weighted by Gasteiger charge is -2.45. The second kappa shape index (κ2) is 6.44. The summed E-state index contributed by atoms with van der Waals surface area (Å²) < 4.78 is 5.69. The molecule has 0 aliphatic carbocycles. The largest absolute Gasteiger partial charge is 0.381 e. The molecule has 2 atom stereocenters. The summed E-state index contributed by atoms with van der Waals surface area (Å²) in [5.41, 5.74) is 0.279. The molecule has 1 spiro atoms. The number of hydrogen-bond acceptors (Lipinski definition) is 3. The Morgan fingerprint density at radius 1 is 1.35 bits per heavy atom. The van der Waals surface area contributed by atoms with Gasteiger partial charge in [-0.25, -0.2) is 0 Å². The Labute approximate surface area is 122 Å². The summed E-state index contributed by atoms with van der Waals surface area (Å²) in [5.74, 6) is 1.09. The van der Waals surface area contributed by atoms with Gasteiger partial charge in [0.05, 0.1) is 6.61 Å². The summed E-state index contributed by atoms with van der Waals surface area (Å²) in [4.78, 5) is 14.6. The summed E-state index contributed by atoms with van der Waals surface area (Å²) >= 11 is 0. The molecule has 20 heavy (non-hydrogen) atoms. The van der Waals surface area contributed by atoms with Crippen LogP contribution in [0.25, 0.3) is 0 Å². The fourth-order valence-corrected chi connectivity index (χ4v) is 4.10. The van der Waals surface area contributed by atoms with Crippen molar-refractivity contribution in [3.05, 3.63) is 0 Å². The molecule has 0 radical (unpaired) electrons. The molecule has 4 nitrogen and oxygen atoms in total. The van der Waals surface area contributed by atoms with Gasteiger partial charge in [-0.05, 0) is 57.5 Å². The Morgan fingerprint density at radius 3 is 3.00 bits per heavy atom. The van der Waals surface area contributed by atoms with E-state index in [4.69, 9.17) is 4.74 Å². The van der Waals surface area contributed by atoms with Gasteiger partial charge in [0.15, 0.2) is 0 Å². The molecule has 3 saturated heterocycles. The summed E-state index contributed by atoms with van der Waals surface area (Å²) in [6.45, 7) is 5.90. The monoisotopic (exact) mass is 280 g/mol. The lowest BCUT2D eigenvalue weighted by molar-refractivity contribution is -0.138. The van der Waals surface area contributed by atoms with E-state index < -0.39 is 0 Å². The van der Waals surface area contributed by atoms with Crippen molar-refractivity contribution >= 4 is 5.91 Å². The maximum absolute atomic E-state index is 12.4. The molecule has 114 valence electrons. The predicted molar refractivity (Wildman–Crippen MR) is 78.5 cm³/mol. The van der Waals surface area contributed by atoms with Gasteiger partial charge in [0.1, 0.15) is 0 Å². The summed E-state index contributed by atoms with van der Waals surface area (Å²) in [5, 5.41) is 3.38. The van der Waals surface area contributed by atoms with E-state index >= 15 is 0 Å². The van der Waals surface area contributed by atoms with E-state index in [1.165, 1.54) is 19.3 Å². The molecular formula is C16H28N2O2. The first-order valence-electron chi connectivity index (χ1n) is 8.34. The molecule has 3 fully saturated rings. The van der Waals surface area contributed by atoms with Crippen molar-refractivity contribution in [3.8, 4) is 0 Å². The number of carbonyl (C=O) groups excluding carboxylic acids is 1. The molecule has 3 heterocycles. The molecule has 0 aromatic rings. The molecule has 3 aliphatic rings. The molecule has 4 heteroatoms. The smallest absolute Gasteiger partial charge is 0.222 e. The average molecular weight is 280 g/mol. The van der Waals surface area contributed by atoms with Gasteiger partial charge in [0.25, 0.3) is 0 Å². The van der Waals surface area contributed by atoms with E-state index in [9.17, 15) is 4.79 Å². The number of rotatable bonds is 3. The van der Waals surface area contributed by atoms with Crippen LogP contribution < -0.4 is 5.32 Å². The first-order valence-corrected chi connectivity index (χ1v) is 8.34. The Morgan fingerprint density at radius 2 is 2.25 bits per heavy atom. The number of likely N-dealkylation sites (tertiary alicyclic amines) is 1.